The Hall–Kier alpha value is -1.41. The summed E-state index contributed by atoms with van der Waals surface area (Å²) < 4.78 is 11.4. The Morgan fingerprint density at radius 2 is 2.05 bits per heavy atom. The highest BCUT2D eigenvalue weighted by atomic mass is 16.5. The van der Waals surface area contributed by atoms with Gasteiger partial charge in [0.2, 0.25) is 0 Å². The van der Waals surface area contributed by atoms with Crippen molar-refractivity contribution in [3.63, 3.8) is 0 Å². The molecule has 1 aromatic carbocycles. The molecule has 1 atom stereocenters. The quantitative estimate of drug-likeness (QED) is 0.842. The first-order valence-corrected chi connectivity index (χ1v) is 8.12. The first-order chi connectivity index (χ1) is 10.7. The average Bonchev–Trinajstić information content (AvgIpc) is 2.77. The smallest absolute Gasteiger partial charge is 0.0991 e. The fourth-order valence-electron chi connectivity index (χ4n) is 3.54. The van der Waals surface area contributed by atoms with Gasteiger partial charge >= 0.3 is 0 Å². The Bertz CT molecular complexity index is 546. The molecule has 118 valence electrons. The van der Waals surface area contributed by atoms with Crippen LogP contribution in [0.15, 0.2) is 24.3 Å². The number of hydrogen-bond acceptors (Lipinski definition) is 4. The summed E-state index contributed by atoms with van der Waals surface area (Å²) in [5.41, 5.74) is 2.18. The van der Waals surface area contributed by atoms with Crippen molar-refractivity contribution in [3.05, 3.63) is 35.4 Å². The molecule has 0 aliphatic carbocycles. The fourth-order valence-corrected chi connectivity index (χ4v) is 3.54. The van der Waals surface area contributed by atoms with Crippen LogP contribution in [0.1, 0.15) is 36.9 Å². The molecule has 2 fully saturated rings. The molecule has 3 rings (SSSR count). The van der Waals surface area contributed by atoms with E-state index in [4.69, 9.17) is 14.7 Å². The Balaban J connectivity index is 1.78. The van der Waals surface area contributed by atoms with Gasteiger partial charge in [0.25, 0.3) is 0 Å². The maximum atomic E-state index is 9.10. The number of rotatable bonds is 2. The second-order valence-corrected chi connectivity index (χ2v) is 6.55. The lowest BCUT2D eigenvalue weighted by molar-refractivity contribution is -0.0337. The zero-order valence-corrected chi connectivity index (χ0v) is 13.3. The van der Waals surface area contributed by atoms with E-state index in [1.165, 1.54) is 5.56 Å². The van der Waals surface area contributed by atoms with Crippen molar-refractivity contribution < 1.29 is 9.47 Å². The van der Waals surface area contributed by atoms with E-state index in [2.05, 4.69) is 24.0 Å². The Morgan fingerprint density at radius 1 is 1.23 bits per heavy atom. The molecule has 0 aromatic heterocycles. The SMILES string of the molecule is C[C@@H](c1cccc(C#N)c1)N1CCOCC2(CCOCC2)C1. The number of hydrogen-bond donors (Lipinski definition) is 0. The molecule has 2 heterocycles. The third kappa shape index (κ3) is 3.33. The molecule has 1 spiro atoms. The summed E-state index contributed by atoms with van der Waals surface area (Å²) in [7, 11) is 0. The van der Waals surface area contributed by atoms with Gasteiger partial charge in [-0.25, -0.2) is 0 Å². The second-order valence-electron chi connectivity index (χ2n) is 6.55. The lowest BCUT2D eigenvalue weighted by atomic mass is 9.80. The van der Waals surface area contributed by atoms with Gasteiger partial charge in [0.1, 0.15) is 0 Å². The zero-order chi connectivity index (χ0) is 15.4. The maximum Gasteiger partial charge on any atom is 0.0991 e. The molecule has 0 saturated carbocycles. The lowest BCUT2D eigenvalue weighted by Gasteiger charge is -2.40. The van der Waals surface area contributed by atoms with E-state index in [0.29, 0.717) is 6.04 Å². The first kappa shape index (κ1) is 15.5. The molecule has 0 unspecified atom stereocenters. The number of nitrogens with zero attached hydrogens (tertiary/aromatic N) is 2. The first-order valence-electron chi connectivity index (χ1n) is 8.12. The van der Waals surface area contributed by atoms with Gasteiger partial charge in [-0.05, 0) is 37.5 Å². The number of nitriles is 1. The molecule has 0 N–H and O–H groups in total. The number of benzene rings is 1. The van der Waals surface area contributed by atoms with Crippen LogP contribution < -0.4 is 0 Å². The summed E-state index contributed by atoms with van der Waals surface area (Å²) in [6.45, 7) is 7.54. The van der Waals surface area contributed by atoms with Crippen molar-refractivity contribution in [1.29, 1.82) is 5.26 Å². The van der Waals surface area contributed by atoms with Crippen LogP contribution in [0, 0.1) is 16.7 Å². The van der Waals surface area contributed by atoms with Crippen LogP contribution in [0.3, 0.4) is 0 Å². The van der Waals surface area contributed by atoms with E-state index in [1.807, 2.05) is 18.2 Å². The Labute approximate surface area is 132 Å². The standard InChI is InChI=1S/C18H24N2O2/c1-15(17-4-2-3-16(11-17)12-19)20-7-10-22-14-18(13-20)5-8-21-9-6-18/h2-4,11,15H,5-10,13-14H2,1H3/t15-/m0/s1. The molecule has 0 radical (unpaired) electrons. The predicted octanol–water partition coefficient (Wildman–Crippen LogP) is 2.75. The Morgan fingerprint density at radius 3 is 2.82 bits per heavy atom. The van der Waals surface area contributed by atoms with Crippen molar-refractivity contribution in [2.45, 2.75) is 25.8 Å². The third-order valence-electron chi connectivity index (χ3n) is 5.07. The summed E-state index contributed by atoms with van der Waals surface area (Å²) in [5, 5.41) is 9.10. The van der Waals surface area contributed by atoms with Gasteiger partial charge in [0.15, 0.2) is 0 Å². The van der Waals surface area contributed by atoms with Crippen LogP contribution >= 0.6 is 0 Å². The van der Waals surface area contributed by atoms with Crippen LogP contribution in [0.5, 0.6) is 0 Å². The highest BCUT2D eigenvalue weighted by Gasteiger charge is 2.37. The molecule has 4 nitrogen and oxygen atoms in total. The monoisotopic (exact) mass is 300 g/mol. The van der Waals surface area contributed by atoms with E-state index in [1.54, 1.807) is 0 Å². The topological polar surface area (TPSA) is 45.5 Å². The molecular weight excluding hydrogens is 276 g/mol. The van der Waals surface area contributed by atoms with Crippen LogP contribution in [0.25, 0.3) is 0 Å². The normalized spacial score (nSPS) is 23.6. The second kappa shape index (κ2) is 6.78. The minimum Gasteiger partial charge on any atom is -0.381 e. The summed E-state index contributed by atoms with van der Waals surface area (Å²) in [6.07, 6.45) is 2.16. The molecular formula is C18H24N2O2. The predicted molar refractivity (Wildman–Crippen MR) is 84.5 cm³/mol. The third-order valence-corrected chi connectivity index (χ3v) is 5.07. The molecule has 4 heteroatoms. The van der Waals surface area contributed by atoms with Crippen molar-refractivity contribution in [2.75, 3.05) is 39.5 Å². The summed E-state index contributed by atoms with van der Waals surface area (Å²) >= 11 is 0. The van der Waals surface area contributed by atoms with Crippen LogP contribution in [-0.4, -0.2) is 44.4 Å². The van der Waals surface area contributed by atoms with Crippen LogP contribution in [0.2, 0.25) is 0 Å². The van der Waals surface area contributed by atoms with Gasteiger partial charge in [-0.3, -0.25) is 4.90 Å². The molecule has 0 bridgehead atoms. The summed E-state index contributed by atoms with van der Waals surface area (Å²) in [5.74, 6) is 0. The van der Waals surface area contributed by atoms with Gasteiger partial charge in [0.05, 0.1) is 24.8 Å². The average molecular weight is 300 g/mol. The van der Waals surface area contributed by atoms with E-state index in [0.717, 1.165) is 57.9 Å². The Kier molecular flexibility index (Phi) is 4.77. The van der Waals surface area contributed by atoms with Gasteiger partial charge in [-0.2, -0.15) is 5.26 Å². The zero-order valence-electron chi connectivity index (χ0n) is 13.3. The summed E-state index contributed by atoms with van der Waals surface area (Å²) in [6, 6.07) is 10.5. The molecule has 0 amide bonds. The van der Waals surface area contributed by atoms with Crippen molar-refractivity contribution in [2.24, 2.45) is 5.41 Å². The van der Waals surface area contributed by atoms with Gasteiger partial charge in [-0.15, -0.1) is 0 Å². The molecule has 2 aliphatic heterocycles. The maximum absolute atomic E-state index is 9.10. The molecule has 22 heavy (non-hydrogen) atoms. The summed E-state index contributed by atoms with van der Waals surface area (Å²) in [4.78, 5) is 2.51. The van der Waals surface area contributed by atoms with E-state index >= 15 is 0 Å². The largest absolute Gasteiger partial charge is 0.381 e. The fraction of sp³-hybridized carbons (Fsp3) is 0.611. The van der Waals surface area contributed by atoms with Crippen molar-refractivity contribution in [1.82, 2.24) is 4.90 Å². The lowest BCUT2D eigenvalue weighted by Crippen LogP contribution is -2.43. The van der Waals surface area contributed by atoms with Crippen molar-refractivity contribution in [3.8, 4) is 6.07 Å². The van der Waals surface area contributed by atoms with Gasteiger partial charge < -0.3 is 9.47 Å². The highest BCUT2D eigenvalue weighted by molar-refractivity contribution is 5.34. The minimum atomic E-state index is 0.232. The molecule has 1 aromatic rings. The minimum absolute atomic E-state index is 0.232. The number of ether oxygens (including phenoxy) is 2. The van der Waals surface area contributed by atoms with E-state index in [9.17, 15) is 0 Å². The van der Waals surface area contributed by atoms with E-state index < -0.39 is 0 Å². The molecule has 2 aliphatic rings. The molecule has 2 saturated heterocycles. The van der Waals surface area contributed by atoms with Gasteiger partial charge in [-0.1, -0.05) is 12.1 Å². The van der Waals surface area contributed by atoms with Crippen molar-refractivity contribution >= 4 is 0 Å². The van der Waals surface area contributed by atoms with Crippen LogP contribution in [-0.2, 0) is 9.47 Å². The van der Waals surface area contributed by atoms with E-state index in [-0.39, 0.29) is 5.41 Å². The highest BCUT2D eigenvalue weighted by Crippen LogP contribution is 2.36. The van der Waals surface area contributed by atoms with Crippen LogP contribution in [0.4, 0.5) is 0 Å². The van der Waals surface area contributed by atoms with Gasteiger partial charge in [0, 0.05) is 37.8 Å².